The smallest absolute Gasteiger partial charge is 0.111 e. The molecule has 4 nitrogen and oxygen atoms in total. The van der Waals surface area contributed by atoms with E-state index in [1.807, 2.05) is 17.1 Å². The second-order valence-electron chi connectivity index (χ2n) is 3.17. The summed E-state index contributed by atoms with van der Waals surface area (Å²) in [7, 11) is 1.99. The number of nitrogens with zero attached hydrogens (tertiary/aromatic N) is 2. The average molecular weight is 170 g/mol. The normalized spacial score (nSPS) is 18.9. The molecule has 1 aliphatic heterocycles. The lowest BCUT2D eigenvalue weighted by Gasteiger charge is -2.33. The maximum absolute atomic E-state index is 7.65. The van der Waals surface area contributed by atoms with Crippen LogP contribution in [0.3, 0.4) is 0 Å². The van der Waals surface area contributed by atoms with E-state index in [4.69, 9.17) is 5.41 Å². The molecule has 12 heavy (non-hydrogen) atoms. The number of piperidine rings is 1. The monoisotopic (exact) mass is 170 g/mol. The Bertz CT molecular complexity index is 157. The highest BCUT2D eigenvalue weighted by Crippen LogP contribution is 2.08. The molecule has 0 amide bonds. The highest BCUT2D eigenvalue weighted by Gasteiger charge is 2.14. The standard InChI is InChI=1S/C8H18N4/c1-3-11(2)10-12-7-5-4-6-8(12)9/h9-10H,3-7H2,1-2H3. The van der Waals surface area contributed by atoms with Gasteiger partial charge in [-0.05, 0) is 12.8 Å². The summed E-state index contributed by atoms with van der Waals surface area (Å²) in [6.07, 6.45) is 3.25. The second kappa shape index (κ2) is 4.42. The van der Waals surface area contributed by atoms with Gasteiger partial charge in [-0.1, -0.05) is 6.92 Å². The van der Waals surface area contributed by atoms with Crippen LogP contribution in [0.2, 0.25) is 0 Å². The lowest BCUT2D eigenvalue weighted by Crippen LogP contribution is -2.52. The molecular weight excluding hydrogens is 152 g/mol. The van der Waals surface area contributed by atoms with Crippen molar-refractivity contribution in [2.75, 3.05) is 20.1 Å². The van der Waals surface area contributed by atoms with E-state index in [2.05, 4.69) is 12.5 Å². The third-order valence-corrected chi connectivity index (χ3v) is 2.14. The molecule has 1 fully saturated rings. The predicted molar refractivity (Wildman–Crippen MR) is 49.7 cm³/mol. The van der Waals surface area contributed by atoms with Gasteiger partial charge in [0.05, 0.1) is 0 Å². The molecule has 0 aromatic carbocycles. The van der Waals surface area contributed by atoms with Gasteiger partial charge >= 0.3 is 0 Å². The Morgan fingerprint density at radius 2 is 2.33 bits per heavy atom. The molecule has 70 valence electrons. The summed E-state index contributed by atoms with van der Waals surface area (Å²) in [5.41, 5.74) is 3.16. The van der Waals surface area contributed by atoms with E-state index in [0.717, 1.165) is 25.9 Å². The van der Waals surface area contributed by atoms with Gasteiger partial charge in [0.2, 0.25) is 0 Å². The minimum absolute atomic E-state index is 0.710. The van der Waals surface area contributed by atoms with E-state index in [1.165, 1.54) is 6.42 Å². The summed E-state index contributed by atoms with van der Waals surface area (Å²) in [6.45, 7) is 3.99. The van der Waals surface area contributed by atoms with E-state index in [1.54, 1.807) is 0 Å². The first-order valence-corrected chi connectivity index (χ1v) is 4.56. The molecule has 4 heteroatoms. The highest BCUT2D eigenvalue weighted by atomic mass is 15.7. The zero-order chi connectivity index (χ0) is 8.97. The first kappa shape index (κ1) is 9.48. The molecule has 0 saturated carbocycles. The van der Waals surface area contributed by atoms with Crippen LogP contribution < -0.4 is 5.53 Å². The van der Waals surface area contributed by atoms with E-state index in [0.29, 0.717) is 5.84 Å². The van der Waals surface area contributed by atoms with E-state index in [-0.39, 0.29) is 0 Å². The van der Waals surface area contributed by atoms with Crippen LogP contribution in [-0.2, 0) is 0 Å². The van der Waals surface area contributed by atoms with Crippen LogP contribution in [0.4, 0.5) is 0 Å². The van der Waals surface area contributed by atoms with E-state index in [9.17, 15) is 0 Å². The van der Waals surface area contributed by atoms with Crippen LogP contribution >= 0.6 is 0 Å². The molecule has 1 heterocycles. The SMILES string of the molecule is CCN(C)NN1CCCCC1=N. The highest BCUT2D eigenvalue weighted by molar-refractivity contribution is 5.79. The number of hydrogen-bond acceptors (Lipinski definition) is 3. The fraction of sp³-hybridized carbons (Fsp3) is 0.875. The molecule has 0 radical (unpaired) electrons. The average Bonchev–Trinajstić information content (AvgIpc) is 2.09. The zero-order valence-electron chi connectivity index (χ0n) is 7.93. The quantitative estimate of drug-likeness (QED) is 0.616. The summed E-state index contributed by atoms with van der Waals surface area (Å²) in [5, 5.41) is 11.6. The molecule has 0 aromatic rings. The molecule has 0 bridgehead atoms. The van der Waals surface area contributed by atoms with Crippen molar-refractivity contribution in [3.63, 3.8) is 0 Å². The number of hydrogen-bond donors (Lipinski definition) is 2. The van der Waals surface area contributed by atoms with E-state index < -0.39 is 0 Å². The fourth-order valence-electron chi connectivity index (χ4n) is 1.22. The van der Waals surface area contributed by atoms with Crippen molar-refractivity contribution in [1.29, 1.82) is 5.41 Å². The molecular formula is C8H18N4. The fourth-order valence-corrected chi connectivity index (χ4v) is 1.22. The lowest BCUT2D eigenvalue weighted by molar-refractivity contribution is 0.0955. The van der Waals surface area contributed by atoms with Crippen LogP contribution in [-0.4, -0.2) is 36.0 Å². The van der Waals surface area contributed by atoms with Gasteiger partial charge in [0.15, 0.2) is 0 Å². The van der Waals surface area contributed by atoms with Gasteiger partial charge in [-0.15, -0.1) is 0 Å². The van der Waals surface area contributed by atoms with Crippen LogP contribution in [0.5, 0.6) is 0 Å². The van der Waals surface area contributed by atoms with Crippen LogP contribution in [0, 0.1) is 5.41 Å². The second-order valence-corrected chi connectivity index (χ2v) is 3.17. The molecule has 0 unspecified atom stereocenters. The van der Waals surface area contributed by atoms with Crippen LogP contribution in [0.25, 0.3) is 0 Å². The first-order valence-electron chi connectivity index (χ1n) is 4.56. The number of rotatable bonds is 3. The maximum atomic E-state index is 7.65. The van der Waals surface area contributed by atoms with E-state index >= 15 is 0 Å². The summed E-state index contributed by atoms with van der Waals surface area (Å²) in [5.74, 6) is 0.710. The predicted octanol–water partition coefficient (Wildman–Crippen LogP) is 0.821. The van der Waals surface area contributed by atoms with Gasteiger partial charge in [0, 0.05) is 26.6 Å². The Morgan fingerprint density at radius 1 is 1.58 bits per heavy atom. The van der Waals surface area contributed by atoms with Crippen LogP contribution in [0.15, 0.2) is 0 Å². The van der Waals surface area contributed by atoms with Crippen LogP contribution in [0.1, 0.15) is 26.2 Å². The van der Waals surface area contributed by atoms with Gasteiger partial charge in [0.1, 0.15) is 5.84 Å². The van der Waals surface area contributed by atoms with Crippen molar-refractivity contribution >= 4 is 5.84 Å². The number of amidine groups is 1. The zero-order valence-corrected chi connectivity index (χ0v) is 7.93. The number of hydrazine groups is 2. The Kier molecular flexibility index (Phi) is 3.49. The Morgan fingerprint density at radius 3 is 2.92 bits per heavy atom. The first-order chi connectivity index (χ1) is 5.74. The molecule has 0 spiro atoms. The van der Waals surface area contributed by atoms with Gasteiger partial charge in [-0.2, -0.15) is 5.53 Å². The topological polar surface area (TPSA) is 42.4 Å². The van der Waals surface area contributed by atoms with Gasteiger partial charge in [-0.3, -0.25) is 10.4 Å². The Hall–Kier alpha value is -0.610. The molecule has 0 aliphatic carbocycles. The van der Waals surface area contributed by atoms with Gasteiger partial charge in [0.25, 0.3) is 0 Å². The van der Waals surface area contributed by atoms with Crippen molar-refractivity contribution < 1.29 is 0 Å². The summed E-state index contributed by atoms with van der Waals surface area (Å²) < 4.78 is 0. The van der Waals surface area contributed by atoms with Crippen molar-refractivity contribution in [3.8, 4) is 0 Å². The molecule has 1 rings (SSSR count). The Labute approximate surface area is 74.0 Å². The molecule has 0 aromatic heterocycles. The molecule has 2 N–H and O–H groups in total. The third-order valence-electron chi connectivity index (χ3n) is 2.14. The summed E-state index contributed by atoms with van der Waals surface area (Å²) in [4.78, 5) is 0. The largest absolute Gasteiger partial charge is 0.287 e. The van der Waals surface area contributed by atoms with Crippen molar-refractivity contribution in [2.24, 2.45) is 0 Å². The third kappa shape index (κ3) is 2.46. The minimum Gasteiger partial charge on any atom is -0.287 e. The maximum Gasteiger partial charge on any atom is 0.111 e. The lowest BCUT2D eigenvalue weighted by atomic mass is 10.1. The molecule has 0 atom stereocenters. The van der Waals surface area contributed by atoms with Crippen molar-refractivity contribution in [2.45, 2.75) is 26.2 Å². The Balaban J connectivity index is 2.34. The minimum atomic E-state index is 0.710. The molecule has 1 saturated heterocycles. The van der Waals surface area contributed by atoms with Crippen molar-refractivity contribution in [3.05, 3.63) is 0 Å². The number of nitrogens with one attached hydrogen (secondary N) is 2. The van der Waals surface area contributed by atoms with Crippen molar-refractivity contribution in [1.82, 2.24) is 15.6 Å². The van der Waals surface area contributed by atoms with Gasteiger partial charge < -0.3 is 0 Å². The summed E-state index contributed by atoms with van der Waals surface area (Å²) >= 11 is 0. The van der Waals surface area contributed by atoms with Gasteiger partial charge in [-0.25, -0.2) is 5.01 Å². The molecule has 1 aliphatic rings. The summed E-state index contributed by atoms with van der Waals surface area (Å²) in [6, 6.07) is 0.